The molecule has 1 spiro atoms. The molecule has 4 heterocycles. The number of aromatic nitrogens is 2. The maximum atomic E-state index is 14.3. The van der Waals surface area contributed by atoms with Gasteiger partial charge in [0.05, 0.1) is 17.9 Å². The Morgan fingerprint density at radius 1 is 1.13 bits per heavy atom. The molecule has 10 heteroatoms. The first-order valence-corrected chi connectivity index (χ1v) is 12.9. The van der Waals surface area contributed by atoms with Crippen molar-refractivity contribution in [3.8, 4) is 0 Å². The fraction of sp³-hybridized carbons (Fsp3) is 0.429. The highest BCUT2D eigenvalue weighted by Crippen LogP contribution is 2.39. The van der Waals surface area contributed by atoms with Crippen molar-refractivity contribution in [2.75, 3.05) is 31.7 Å². The minimum Gasteiger partial charge on any atom is -0.341 e. The van der Waals surface area contributed by atoms with Crippen LogP contribution in [0.15, 0.2) is 48.9 Å². The number of hydrogen-bond donors (Lipinski definition) is 1. The van der Waals surface area contributed by atoms with Crippen LogP contribution < -0.4 is 10.2 Å². The Bertz CT molecular complexity index is 1390. The fourth-order valence-electron chi connectivity index (χ4n) is 5.60. The van der Waals surface area contributed by atoms with Crippen LogP contribution in [0.1, 0.15) is 42.6 Å². The molecule has 200 valence electrons. The van der Waals surface area contributed by atoms with Crippen LogP contribution in [-0.2, 0) is 9.59 Å². The molecule has 5 rings (SSSR count). The molecule has 38 heavy (non-hydrogen) atoms. The van der Waals surface area contributed by atoms with Crippen LogP contribution >= 0.6 is 0 Å². The number of aryl methyl sites for hydroxylation is 1. The Balaban J connectivity index is 1.33. The number of fused-ring (bicyclic) bond motifs is 1. The molecular weight excluding hydrogens is 487 g/mol. The molecule has 3 amide bonds. The SMILES string of the molecule is Cc1ccc(F)c(C(=O)N[C@@H](C(=O)N2CCC3(CC2)C(=O)N(C)CN3c2ccc3nccn3c2)C(C)C)c1. The van der Waals surface area contributed by atoms with E-state index in [-0.39, 0.29) is 23.3 Å². The summed E-state index contributed by atoms with van der Waals surface area (Å²) in [4.78, 5) is 49.8. The van der Waals surface area contributed by atoms with Gasteiger partial charge in [0, 0.05) is 38.7 Å². The van der Waals surface area contributed by atoms with Crippen LogP contribution in [0.3, 0.4) is 0 Å². The van der Waals surface area contributed by atoms with Gasteiger partial charge in [-0.05, 0) is 49.9 Å². The van der Waals surface area contributed by atoms with E-state index in [2.05, 4.69) is 15.2 Å². The average Bonchev–Trinajstić information content (AvgIpc) is 3.46. The number of piperidine rings is 1. The summed E-state index contributed by atoms with van der Waals surface area (Å²) < 4.78 is 16.2. The molecule has 1 N–H and O–H groups in total. The number of likely N-dealkylation sites (N-methyl/N-ethyl adjacent to an activating group) is 1. The maximum Gasteiger partial charge on any atom is 0.254 e. The predicted molar refractivity (Wildman–Crippen MR) is 141 cm³/mol. The summed E-state index contributed by atoms with van der Waals surface area (Å²) in [6.45, 7) is 6.69. The van der Waals surface area contributed by atoms with Crippen molar-refractivity contribution in [1.82, 2.24) is 24.5 Å². The largest absolute Gasteiger partial charge is 0.341 e. The van der Waals surface area contributed by atoms with E-state index in [9.17, 15) is 18.8 Å². The van der Waals surface area contributed by atoms with E-state index in [0.717, 1.165) is 16.9 Å². The van der Waals surface area contributed by atoms with Crippen LogP contribution in [0.25, 0.3) is 5.65 Å². The van der Waals surface area contributed by atoms with Gasteiger partial charge in [0.25, 0.3) is 5.91 Å². The molecule has 1 atom stereocenters. The molecule has 3 aromatic rings. The Labute approximate surface area is 221 Å². The highest BCUT2D eigenvalue weighted by molar-refractivity contribution is 5.98. The Kier molecular flexibility index (Phi) is 6.58. The van der Waals surface area contributed by atoms with E-state index >= 15 is 0 Å². The molecule has 0 unspecified atom stereocenters. The third kappa shape index (κ3) is 4.37. The molecule has 2 aliphatic rings. The van der Waals surface area contributed by atoms with Gasteiger partial charge in [-0.25, -0.2) is 9.37 Å². The molecule has 2 aromatic heterocycles. The summed E-state index contributed by atoms with van der Waals surface area (Å²) in [5.74, 6) is -1.62. The van der Waals surface area contributed by atoms with Crippen molar-refractivity contribution >= 4 is 29.1 Å². The van der Waals surface area contributed by atoms with Gasteiger partial charge < -0.3 is 24.4 Å². The summed E-state index contributed by atoms with van der Waals surface area (Å²) in [7, 11) is 1.80. The monoisotopic (exact) mass is 520 g/mol. The molecule has 2 fully saturated rings. The number of hydrogen-bond acceptors (Lipinski definition) is 5. The number of carbonyl (C=O) groups excluding carboxylic acids is 3. The minimum atomic E-state index is -0.807. The number of rotatable bonds is 5. The summed E-state index contributed by atoms with van der Waals surface area (Å²) in [6.07, 6.45) is 6.52. The van der Waals surface area contributed by atoms with Gasteiger partial charge >= 0.3 is 0 Å². The molecule has 0 bridgehead atoms. The van der Waals surface area contributed by atoms with Crippen molar-refractivity contribution in [1.29, 1.82) is 0 Å². The first-order valence-electron chi connectivity index (χ1n) is 12.9. The van der Waals surface area contributed by atoms with Gasteiger partial charge in [-0.1, -0.05) is 25.5 Å². The second-order valence-electron chi connectivity index (χ2n) is 10.7. The van der Waals surface area contributed by atoms with Crippen LogP contribution in [0, 0.1) is 18.7 Å². The van der Waals surface area contributed by atoms with Crippen LogP contribution in [0.2, 0.25) is 0 Å². The summed E-state index contributed by atoms with van der Waals surface area (Å²) in [5.41, 5.74) is 1.68. The van der Waals surface area contributed by atoms with E-state index in [1.807, 2.05) is 42.8 Å². The summed E-state index contributed by atoms with van der Waals surface area (Å²) >= 11 is 0. The van der Waals surface area contributed by atoms with E-state index in [4.69, 9.17) is 0 Å². The second-order valence-corrected chi connectivity index (χ2v) is 10.7. The number of amides is 3. The number of imidazole rings is 1. The third-order valence-electron chi connectivity index (χ3n) is 7.79. The van der Waals surface area contributed by atoms with Gasteiger partial charge in [0.2, 0.25) is 11.8 Å². The van der Waals surface area contributed by atoms with E-state index < -0.39 is 23.3 Å². The Hall–Kier alpha value is -3.95. The van der Waals surface area contributed by atoms with E-state index in [1.165, 1.54) is 12.1 Å². The number of benzene rings is 1. The molecule has 9 nitrogen and oxygen atoms in total. The molecular formula is C28H33FN6O3. The normalized spacial score (nSPS) is 18.1. The lowest BCUT2D eigenvalue weighted by Crippen LogP contribution is -2.60. The molecule has 2 aliphatic heterocycles. The molecule has 2 saturated heterocycles. The second kappa shape index (κ2) is 9.74. The lowest BCUT2D eigenvalue weighted by Gasteiger charge is -2.44. The topological polar surface area (TPSA) is 90.3 Å². The van der Waals surface area contributed by atoms with Crippen LogP contribution in [-0.4, -0.2) is 75.3 Å². The van der Waals surface area contributed by atoms with Crippen molar-refractivity contribution < 1.29 is 18.8 Å². The third-order valence-corrected chi connectivity index (χ3v) is 7.79. The number of pyridine rings is 1. The highest BCUT2D eigenvalue weighted by Gasteiger charge is 2.53. The van der Waals surface area contributed by atoms with Crippen molar-refractivity contribution in [3.05, 3.63) is 65.9 Å². The van der Waals surface area contributed by atoms with Gasteiger partial charge in [-0.15, -0.1) is 0 Å². The Morgan fingerprint density at radius 3 is 2.58 bits per heavy atom. The fourth-order valence-corrected chi connectivity index (χ4v) is 5.60. The van der Waals surface area contributed by atoms with Gasteiger partial charge in [-0.3, -0.25) is 14.4 Å². The molecule has 0 saturated carbocycles. The van der Waals surface area contributed by atoms with E-state index in [0.29, 0.717) is 32.6 Å². The quantitative estimate of drug-likeness (QED) is 0.559. The first kappa shape index (κ1) is 25.7. The number of likely N-dealkylation sites (tertiary alicyclic amines) is 1. The number of nitrogens with zero attached hydrogens (tertiary/aromatic N) is 5. The molecule has 0 aliphatic carbocycles. The van der Waals surface area contributed by atoms with Crippen molar-refractivity contribution in [3.63, 3.8) is 0 Å². The van der Waals surface area contributed by atoms with Crippen molar-refractivity contribution in [2.24, 2.45) is 5.92 Å². The smallest absolute Gasteiger partial charge is 0.254 e. The number of nitrogens with one attached hydrogen (secondary N) is 1. The average molecular weight is 521 g/mol. The van der Waals surface area contributed by atoms with Crippen LogP contribution in [0.5, 0.6) is 0 Å². The van der Waals surface area contributed by atoms with Gasteiger partial charge in [0.15, 0.2) is 0 Å². The zero-order chi connectivity index (χ0) is 27.2. The predicted octanol–water partition coefficient (Wildman–Crippen LogP) is 2.83. The van der Waals surface area contributed by atoms with Gasteiger partial charge in [-0.2, -0.15) is 0 Å². The minimum absolute atomic E-state index is 0.0407. The lowest BCUT2D eigenvalue weighted by molar-refractivity contribution is -0.139. The number of anilines is 1. The van der Waals surface area contributed by atoms with Gasteiger partial charge in [0.1, 0.15) is 23.0 Å². The summed E-state index contributed by atoms with van der Waals surface area (Å²) in [6, 6.07) is 7.43. The zero-order valence-electron chi connectivity index (χ0n) is 22.1. The Morgan fingerprint density at radius 2 is 1.87 bits per heavy atom. The molecule has 1 aromatic carbocycles. The standard InChI is InChI=1S/C28H33FN6O3/c1-18(2)24(31-25(36)21-15-19(3)5-7-22(21)29)26(37)33-12-9-28(10-13-33)27(38)32(4)17-35(28)20-6-8-23-30-11-14-34(23)16-20/h5-8,11,14-16,18,24H,9-10,12-13,17H2,1-4H3,(H,31,36)/t24-/m1/s1. The van der Waals surface area contributed by atoms with E-state index in [1.54, 1.807) is 36.0 Å². The maximum absolute atomic E-state index is 14.3. The summed E-state index contributed by atoms with van der Waals surface area (Å²) in [5, 5.41) is 2.76. The number of halogens is 1. The first-order chi connectivity index (χ1) is 18.1. The number of carbonyl (C=O) groups is 3. The van der Waals surface area contributed by atoms with Crippen LogP contribution in [0.4, 0.5) is 10.1 Å². The van der Waals surface area contributed by atoms with Crippen molar-refractivity contribution in [2.45, 2.75) is 45.2 Å². The lowest BCUT2D eigenvalue weighted by atomic mass is 9.85. The molecule has 0 radical (unpaired) electrons. The zero-order valence-corrected chi connectivity index (χ0v) is 22.1. The highest BCUT2D eigenvalue weighted by atomic mass is 19.1.